The predicted octanol–water partition coefficient (Wildman–Crippen LogP) is 1.70. The van der Waals surface area contributed by atoms with Gasteiger partial charge in [0.2, 0.25) is 0 Å². The van der Waals surface area contributed by atoms with Gasteiger partial charge in [-0.3, -0.25) is 4.79 Å². The Bertz CT molecular complexity index is 398. The number of esters is 1. The summed E-state index contributed by atoms with van der Waals surface area (Å²) in [7, 11) is 1.19. The normalized spacial score (nSPS) is 12.2. The molecule has 0 saturated heterocycles. The summed E-state index contributed by atoms with van der Waals surface area (Å²) in [6.07, 6.45) is -0.188. The van der Waals surface area contributed by atoms with Crippen LogP contribution in [0.25, 0.3) is 0 Å². The van der Waals surface area contributed by atoms with Crippen LogP contribution in [-0.4, -0.2) is 19.6 Å². The summed E-state index contributed by atoms with van der Waals surface area (Å²) in [5.41, 5.74) is 1.58. The molecule has 0 fully saturated rings. The van der Waals surface area contributed by atoms with E-state index in [4.69, 9.17) is 0 Å². The van der Waals surface area contributed by atoms with Gasteiger partial charge in [0, 0.05) is 5.92 Å². The first-order chi connectivity index (χ1) is 8.08. The van der Waals surface area contributed by atoms with Crippen molar-refractivity contribution in [2.24, 2.45) is 0 Å². The summed E-state index contributed by atoms with van der Waals surface area (Å²) < 4.78 is 30.9. The maximum absolute atomic E-state index is 13.4. The second-order valence-electron chi connectivity index (χ2n) is 3.49. The van der Waals surface area contributed by atoms with Crippen LogP contribution in [0.2, 0.25) is 0 Å². The predicted molar refractivity (Wildman–Crippen MR) is 57.1 cm³/mol. The molecule has 94 valence electrons. The van der Waals surface area contributed by atoms with Gasteiger partial charge in [-0.25, -0.2) is 8.78 Å². The smallest absolute Gasteiger partial charge is 0.306 e. The van der Waals surface area contributed by atoms with Gasteiger partial charge in [-0.15, -0.1) is 0 Å². The average Bonchev–Trinajstić information content (AvgIpc) is 2.31. The van der Waals surface area contributed by atoms with Crippen molar-refractivity contribution in [1.82, 2.24) is 5.48 Å². The number of hydrogen-bond donors (Lipinski definition) is 1. The Morgan fingerprint density at radius 1 is 1.53 bits per heavy atom. The highest BCUT2D eigenvalue weighted by molar-refractivity contribution is 5.70. The van der Waals surface area contributed by atoms with Crippen molar-refractivity contribution in [3.8, 4) is 0 Å². The van der Waals surface area contributed by atoms with Crippen molar-refractivity contribution in [2.75, 3.05) is 13.7 Å². The first-order valence-electron chi connectivity index (χ1n) is 4.95. The van der Waals surface area contributed by atoms with Crippen molar-refractivity contribution in [2.45, 2.75) is 12.3 Å². The van der Waals surface area contributed by atoms with Crippen LogP contribution in [0, 0.1) is 16.8 Å². The standard InChI is InChI=1S/C11H12F2NO3/c1-17-11(15)4-7(6-14-16)9-5-8(12)2-3-10(9)13/h2-3,5,7,14H,4,6H2,1H3/q-1. The molecule has 0 aliphatic heterocycles. The molecule has 1 N–H and O–H groups in total. The Labute approximate surface area is 97.2 Å². The third kappa shape index (κ3) is 3.76. The SMILES string of the molecule is COC(=O)CC(CN[O-])c1cc(F)ccc1F. The molecule has 0 radical (unpaired) electrons. The minimum atomic E-state index is -0.754. The van der Waals surface area contributed by atoms with Crippen LogP contribution in [0.1, 0.15) is 17.9 Å². The monoisotopic (exact) mass is 244 g/mol. The van der Waals surface area contributed by atoms with Crippen LogP contribution in [-0.2, 0) is 9.53 Å². The molecule has 0 aliphatic carbocycles. The first kappa shape index (κ1) is 13.5. The maximum atomic E-state index is 13.4. The Morgan fingerprint density at radius 2 is 2.24 bits per heavy atom. The van der Waals surface area contributed by atoms with E-state index in [2.05, 4.69) is 4.74 Å². The highest BCUT2D eigenvalue weighted by atomic mass is 19.1. The summed E-state index contributed by atoms with van der Waals surface area (Å²) in [5.74, 6) is -2.62. The minimum absolute atomic E-state index is 0.0150. The van der Waals surface area contributed by atoms with Gasteiger partial charge in [0.05, 0.1) is 13.5 Å². The summed E-state index contributed by atoms with van der Waals surface area (Å²) in [6, 6.07) is 2.90. The van der Waals surface area contributed by atoms with Crippen LogP contribution in [0.15, 0.2) is 18.2 Å². The Hall–Kier alpha value is -1.53. The fourth-order valence-electron chi connectivity index (χ4n) is 1.50. The molecule has 1 atom stereocenters. The minimum Gasteiger partial charge on any atom is -0.788 e. The van der Waals surface area contributed by atoms with Crippen molar-refractivity contribution >= 4 is 5.97 Å². The molecule has 0 aromatic heterocycles. The van der Waals surface area contributed by atoms with Crippen LogP contribution in [0.5, 0.6) is 0 Å². The lowest BCUT2D eigenvalue weighted by Crippen LogP contribution is -2.20. The van der Waals surface area contributed by atoms with E-state index in [-0.39, 0.29) is 18.5 Å². The zero-order chi connectivity index (χ0) is 12.8. The zero-order valence-corrected chi connectivity index (χ0v) is 9.20. The maximum Gasteiger partial charge on any atom is 0.306 e. The van der Waals surface area contributed by atoms with Crippen LogP contribution < -0.4 is 5.48 Å². The second-order valence-corrected chi connectivity index (χ2v) is 3.49. The van der Waals surface area contributed by atoms with E-state index in [0.29, 0.717) is 0 Å². The molecule has 0 bridgehead atoms. The number of methoxy groups -OCH3 is 1. The van der Waals surface area contributed by atoms with E-state index in [0.717, 1.165) is 18.2 Å². The summed E-state index contributed by atoms with van der Waals surface area (Å²) in [4.78, 5) is 11.1. The first-order valence-corrected chi connectivity index (χ1v) is 4.95. The molecule has 6 heteroatoms. The lowest BCUT2D eigenvalue weighted by Gasteiger charge is -2.19. The average molecular weight is 244 g/mol. The van der Waals surface area contributed by atoms with E-state index < -0.39 is 23.5 Å². The van der Waals surface area contributed by atoms with Crippen molar-refractivity contribution in [1.29, 1.82) is 0 Å². The van der Waals surface area contributed by atoms with Crippen molar-refractivity contribution < 1.29 is 18.3 Å². The number of ether oxygens (including phenoxy) is 1. The summed E-state index contributed by atoms with van der Waals surface area (Å²) in [5, 5.41) is 10.4. The van der Waals surface area contributed by atoms with Gasteiger partial charge in [0.1, 0.15) is 11.6 Å². The second kappa shape index (κ2) is 6.27. The summed E-state index contributed by atoms with van der Waals surface area (Å²) >= 11 is 0. The number of benzene rings is 1. The molecule has 1 rings (SSSR count). The van der Waals surface area contributed by atoms with Gasteiger partial charge in [-0.2, -0.15) is 0 Å². The van der Waals surface area contributed by atoms with Gasteiger partial charge in [-0.1, -0.05) is 0 Å². The quantitative estimate of drug-likeness (QED) is 0.632. The van der Waals surface area contributed by atoms with Crippen LogP contribution in [0.4, 0.5) is 8.78 Å². The summed E-state index contributed by atoms with van der Waals surface area (Å²) in [6.45, 7) is -0.185. The molecular formula is C11H12F2NO3-. The molecular weight excluding hydrogens is 232 g/mol. The van der Waals surface area contributed by atoms with E-state index in [1.165, 1.54) is 7.11 Å². The third-order valence-electron chi connectivity index (χ3n) is 2.37. The molecule has 0 heterocycles. The van der Waals surface area contributed by atoms with E-state index in [1.54, 1.807) is 5.48 Å². The van der Waals surface area contributed by atoms with Crippen molar-refractivity contribution in [3.63, 3.8) is 0 Å². The highest BCUT2D eigenvalue weighted by Crippen LogP contribution is 2.23. The van der Waals surface area contributed by atoms with Crippen LogP contribution >= 0.6 is 0 Å². The topological polar surface area (TPSA) is 61.4 Å². The molecule has 4 nitrogen and oxygen atoms in total. The van der Waals surface area contributed by atoms with Crippen molar-refractivity contribution in [3.05, 3.63) is 40.6 Å². The Balaban J connectivity index is 2.95. The largest absolute Gasteiger partial charge is 0.788 e. The fraction of sp³-hybridized carbons (Fsp3) is 0.364. The van der Waals surface area contributed by atoms with Gasteiger partial charge < -0.3 is 15.4 Å². The number of rotatable bonds is 5. The highest BCUT2D eigenvalue weighted by Gasteiger charge is 2.19. The molecule has 0 spiro atoms. The molecule has 0 amide bonds. The molecule has 1 aromatic rings. The van der Waals surface area contributed by atoms with E-state index >= 15 is 0 Å². The number of halogens is 2. The van der Waals surface area contributed by atoms with Crippen LogP contribution in [0.3, 0.4) is 0 Å². The van der Waals surface area contributed by atoms with Gasteiger partial charge >= 0.3 is 5.97 Å². The molecule has 1 unspecified atom stereocenters. The Kier molecular flexibility index (Phi) is 4.99. The Morgan fingerprint density at radius 3 is 2.82 bits per heavy atom. The number of hydrogen-bond acceptors (Lipinski definition) is 4. The number of carbonyl (C=O) groups excluding carboxylic acids is 1. The zero-order valence-electron chi connectivity index (χ0n) is 9.20. The lowest BCUT2D eigenvalue weighted by molar-refractivity contribution is -0.141. The number of nitrogens with one attached hydrogen (secondary N) is 1. The molecule has 0 saturated carbocycles. The molecule has 17 heavy (non-hydrogen) atoms. The van der Waals surface area contributed by atoms with Gasteiger partial charge in [0.15, 0.2) is 0 Å². The lowest BCUT2D eigenvalue weighted by atomic mass is 9.95. The fourth-order valence-corrected chi connectivity index (χ4v) is 1.50. The molecule has 1 aromatic carbocycles. The van der Waals surface area contributed by atoms with Gasteiger partial charge in [0.25, 0.3) is 0 Å². The third-order valence-corrected chi connectivity index (χ3v) is 2.37. The number of hydroxylamine groups is 1. The van der Waals surface area contributed by atoms with E-state index in [1.807, 2.05) is 0 Å². The van der Waals surface area contributed by atoms with E-state index in [9.17, 15) is 18.8 Å². The number of carbonyl (C=O) groups is 1. The molecule has 0 aliphatic rings. The van der Waals surface area contributed by atoms with Gasteiger partial charge in [-0.05, 0) is 30.3 Å².